The van der Waals surface area contributed by atoms with Crippen LogP contribution in [0.5, 0.6) is 5.75 Å². The third-order valence-corrected chi connectivity index (χ3v) is 3.77. The van der Waals surface area contributed by atoms with Crippen LogP contribution in [-0.2, 0) is 0 Å². The molecule has 0 aliphatic rings. The van der Waals surface area contributed by atoms with Gasteiger partial charge in [0.1, 0.15) is 5.75 Å². The number of pyridine rings is 1. The van der Waals surface area contributed by atoms with Gasteiger partial charge in [0.15, 0.2) is 0 Å². The summed E-state index contributed by atoms with van der Waals surface area (Å²) in [4.78, 5) is 20.3. The zero-order chi connectivity index (χ0) is 17.3. The molecule has 0 atom stereocenters. The normalized spacial score (nSPS) is 11.0. The molecule has 0 radical (unpaired) electrons. The lowest BCUT2D eigenvalue weighted by Crippen LogP contribution is -2.20. The molecule has 24 heavy (non-hydrogen) atoms. The van der Waals surface area contributed by atoms with E-state index in [1.165, 1.54) is 6.07 Å². The van der Waals surface area contributed by atoms with Crippen LogP contribution in [0.15, 0.2) is 53.6 Å². The van der Waals surface area contributed by atoms with E-state index in [1.807, 2.05) is 19.9 Å². The molecule has 0 aliphatic carbocycles. The van der Waals surface area contributed by atoms with Crippen LogP contribution in [0.3, 0.4) is 0 Å². The number of benzene rings is 1. The van der Waals surface area contributed by atoms with Crippen molar-refractivity contribution in [3.63, 3.8) is 0 Å². The van der Waals surface area contributed by atoms with E-state index < -0.39 is 0 Å². The number of hydrogen-bond donors (Lipinski definition) is 2. The van der Waals surface area contributed by atoms with Crippen LogP contribution < -0.4 is 11.3 Å². The maximum absolute atomic E-state index is 12.0. The lowest BCUT2D eigenvalue weighted by atomic mass is 10.0. The van der Waals surface area contributed by atoms with Crippen molar-refractivity contribution in [1.29, 1.82) is 0 Å². The SMILES string of the molecule is CC(C)n1cc(-c2cnc(N)nc2-c2ccccc2O)ccc1=O. The van der Waals surface area contributed by atoms with E-state index in [-0.39, 0.29) is 23.3 Å². The second kappa shape index (κ2) is 6.16. The van der Waals surface area contributed by atoms with E-state index in [0.29, 0.717) is 16.8 Å². The van der Waals surface area contributed by atoms with Crippen LogP contribution in [0.4, 0.5) is 5.95 Å². The largest absolute Gasteiger partial charge is 0.507 e. The topological polar surface area (TPSA) is 94.0 Å². The molecule has 0 aliphatic heterocycles. The molecule has 0 unspecified atom stereocenters. The summed E-state index contributed by atoms with van der Waals surface area (Å²) in [7, 11) is 0. The second-order valence-corrected chi connectivity index (χ2v) is 5.76. The van der Waals surface area contributed by atoms with E-state index in [4.69, 9.17) is 5.73 Å². The number of nitrogens with two attached hydrogens (primary N) is 1. The number of aromatic nitrogens is 3. The summed E-state index contributed by atoms with van der Waals surface area (Å²) in [5.74, 6) is 0.225. The van der Waals surface area contributed by atoms with E-state index in [1.54, 1.807) is 41.2 Å². The van der Waals surface area contributed by atoms with Crippen LogP contribution in [0.2, 0.25) is 0 Å². The number of nitrogen functional groups attached to an aromatic ring is 1. The number of rotatable bonds is 3. The zero-order valence-corrected chi connectivity index (χ0v) is 13.5. The highest BCUT2D eigenvalue weighted by atomic mass is 16.3. The molecule has 122 valence electrons. The van der Waals surface area contributed by atoms with Gasteiger partial charge in [0, 0.05) is 41.2 Å². The average molecular weight is 322 g/mol. The van der Waals surface area contributed by atoms with Crippen molar-refractivity contribution in [3.05, 3.63) is 59.1 Å². The first-order chi connectivity index (χ1) is 11.5. The van der Waals surface area contributed by atoms with Gasteiger partial charge in [0.25, 0.3) is 5.56 Å². The molecule has 0 saturated carbocycles. The molecule has 0 spiro atoms. The van der Waals surface area contributed by atoms with E-state index >= 15 is 0 Å². The molecular formula is C18H18N4O2. The van der Waals surface area contributed by atoms with Crippen molar-refractivity contribution in [2.24, 2.45) is 0 Å². The maximum Gasteiger partial charge on any atom is 0.250 e. The van der Waals surface area contributed by atoms with Crippen molar-refractivity contribution in [1.82, 2.24) is 14.5 Å². The summed E-state index contributed by atoms with van der Waals surface area (Å²) in [6, 6.07) is 10.2. The number of nitrogens with zero attached hydrogens (tertiary/aromatic N) is 3. The molecule has 0 fully saturated rings. The third-order valence-electron chi connectivity index (χ3n) is 3.77. The van der Waals surface area contributed by atoms with Gasteiger partial charge >= 0.3 is 0 Å². The lowest BCUT2D eigenvalue weighted by Gasteiger charge is -2.14. The van der Waals surface area contributed by atoms with Crippen LogP contribution in [0.25, 0.3) is 22.4 Å². The van der Waals surface area contributed by atoms with Crippen molar-refractivity contribution in [3.8, 4) is 28.1 Å². The van der Waals surface area contributed by atoms with Crippen molar-refractivity contribution in [2.45, 2.75) is 19.9 Å². The van der Waals surface area contributed by atoms with Gasteiger partial charge in [-0.3, -0.25) is 4.79 Å². The minimum atomic E-state index is -0.0748. The first-order valence-electron chi connectivity index (χ1n) is 7.61. The Morgan fingerprint density at radius 2 is 1.88 bits per heavy atom. The summed E-state index contributed by atoms with van der Waals surface area (Å²) in [6.07, 6.45) is 3.37. The molecule has 6 nitrogen and oxygen atoms in total. The first-order valence-corrected chi connectivity index (χ1v) is 7.61. The molecule has 0 saturated heterocycles. The highest BCUT2D eigenvalue weighted by molar-refractivity contribution is 5.83. The number of aromatic hydroxyl groups is 1. The summed E-state index contributed by atoms with van der Waals surface area (Å²) in [5, 5.41) is 10.2. The second-order valence-electron chi connectivity index (χ2n) is 5.76. The Hall–Kier alpha value is -3.15. The standard InChI is InChI=1S/C18H18N4O2/c1-11(2)22-10-12(7-8-16(22)24)14-9-20-18(19)21-17(14)13-5-3-4-6-15(13)23/h3-11,23H,1-2H3,(H2,19,20,21). The fourth-order valence-electron chi connectivity index (χ4n) is 2.55. The molecule has 3 rings (SSSR count). The van der Waals surface area contributed by atoms with Crippen LogP contribution >= 0.6 is 0 Å². The summed E-state index contributed by atoms with van der Waals surface area (Å²) in [6.45, 7) is 3.88. The predicted octanol–water partition coefficient (Wildman–Crippen LogP) is 2.84. The van der Waals surface area contributed by atoms with E-state index in [9.17, 15) is 9.90 Å². The summed E-state index contributed by atoms with van der Waals surface area (Å²) in [5.41, 5.74) is 8.22. The molecule has 2 aromatic heterocycles. The van der Waals surface area contributed by atoms with Gasteiger partial charge in [0.2, 0.25) is 5.95 Å². The van der Waals surface area contributed by atoms with Crippen LogP contribution in [0.1, 0.15) is 19.9 Å². The fraction of sp³-hybridized carbons (Fsp3) is 0.167. The quantitative estimate of drug-likeness (QED) is 0.773. The molecule has 0 bridgehead atoms. The molecule has 6 heteroatoms. The highest BCUT2D eigenvalue weighted by Gasteiger charge is 2.15. The monoisotopic (exact) mass is 322 g/mol. The summed E-state index contributed by atoms with van der Waals surface area (Å²) < 4.78 is 1.64. The zero-order valence-electron chi connectivity index (χ0n) is 13.5. The minimum Gasteiger partial charge on any atom is -0.507 e. The average Bonchev–Trinajstić information content (AvgIpc) is 2.55. The Labute approximate surface area is 139 Å². The number of phenolic OH excluding ortho intramolecular Hbond substituents is 1. The predicted molar refractivity (Wildman–Crippen MR) is 93.6 cm³/mol. The highest BCUT2D eigenvalue weighted by Crippen LogP contribution is 2.34. The van der Waals surface area contributed by atoms with Crippen LogP contribution in [0, 0.1) is 0 Å². The van der Waals surface area contributed by atoms with E-state index in [2.05, 4.69) is 9.97 Å². The molecular weight excluding hydrogens is 304 g/mol. The van der Waals surface area contributed by atoms with Crippen molar-refractivity contribution < 1.29 is 5.11 Å². The van der Waals surface area contributed by atoms with Gasteiger partial charge in [0.05, 0.1) is 5.69 Å². The van der Waals surface area contributed by atoms with Gasteiger partial charge in [-0.05, 0) is 32.0 Å². The van der Waals surface area contributed by atoms with Crippen molar-refractivity contribution >= 4 is 5.95 Å². The molecule has 2 heterocycles. The van der Waals surface area contributed by atoms with Gasteiger partial charge in [-0.25, -0.2) is 9.97 Å². The number of phenols is 1. The molecule has 0 amide bonds. The van der Waals surface area contributed by atoms with Gasteiger partial charge < -0.3 is 15.4 Å². The lowest BCUT2D eigenvalue weighted by molar-refractivity contribution is 0.477. The van der Waals surface area contributed by atoms with Crippen LogP contribution in [-0.4, -0.2) is 19.6 Å². The first kappa shape index (κ1) is 15.7. The Balaban J connectivity index is 2.25. The fourth-order valence-corrected chi connectivity index (χ4v) is 2.55. The molecule has 1 aromatic carbocycles. The smallest absolute Gasteiger partial charge is 0.250 e. The van der Waals surface area contributed by atoms with Gasteiger partial charge in [-0.2, -0.15) is 0 Å². The number of para-hydroxylation sites is 1. The maximum atomic E-state index is 12.0. The van der Waals surface area contributed by atoms with Crippen molar-refractivity contribution in [2.75, 3.05) is 5.73 Å². The van der Waals surface area contributed by atoms with Gasteiger partial charge in [-0.15, -0.1) is 0 Å². The third kappa shape index (κ3) is 2.86. The molecule has 3 aromatic rings. The minimum absolute atomic E-state index is 0.0285. The number of hydrogen-bond acceptors (Lipinski definition) is 5. The summed E-state index contributed by atoms with van der Waals surface area (Å²) >= 11 is 0. The van der Waals surface area contributed by atoms with Gasteiger partial charge in [-0.1, -0.05) is 12.1 Å². The van der Waals surface area contributed by atoms with E-state index in [0.717, 1.165) is 5.56 Å². The Bertz CT molecular complexity index is 948. The Morgan fingerprint density at radius 3 is 2.58 bits per heavy atom. The molecule has 3 N–H and O–H groups in total. The Morgan fingerprint density at radius 1 is 1.12 bits per heavy atom. The number of anilines is 1. The Kier molecular flexibility index (Phi) is 4.04.